The van der Waals surface area contributed by atoms with Crippen LogP contribution in [0.1, 0.15) is 5.56 Å². The van der Waals surface area contributed by atoms with Crippen LogP contribution in [0.3, 0.4) is 0 Å². The number of alkyl halides is 3. The second kappa shape index (κ2) is 9.79. The van der Waals surface area contributed by atoms with Gasteiger partial charge < -0.3 is 4.42 Å². The van der Waals surface area contributed by atoms with Gasteiger partial charge >= 0.3 is 6.18 Å². The number of rotatable bonds is 4. The van der Waals surface area contributed by atoms with E-state index >= 15 is 0 Å². The molecular formula is C36H22F3NO. The first kappa shape index (κ1) is 24.9. The summed E-state index contributed by atoms with van der Waals surface area (Å²) in [5.41, 5.74) is 7.87. The van der Waals surface area contributed by atoms with Crippen molar-refractivity contribution in [1.29, 1.82) is 0 Å². The van der Waals surface area contributed by atoms with Gasteiger partial charge in [-0.15, -0.1) is 0 Å². The quantitative estimate of drug-likeness (QED) is 0.222. The predicted molar refractivity (Wildman–Crippen MR) is 158 cm³/mol. The van der Waals surface area contributed by atoms with E-state index in [9.17, 15) is 13.2 Å². The molecule has 0 aliphatic rings. The Morgan fingerprint density at radius 3 is 1.41 bits per heavy atom. The number of nitrogens with zero attached hydrogens (tertiary/aromatic N) is 1. The highest BCUT2D eigenvalue weighted by atomic mass is 19.4. The number of hydrogen-bond acceptors (Lipinski definition) is 2. The van der Waals surface area contributed by atoms with Crippen molar-refractivity contribution in [1.82, 2.24) is 4.98 Å². The van der Waals surface area contributed by atoms with E-state index < -0.39 is 11.7 Å². The number of benzene rings is 6. The van der Waals surface area contributed by atoms with Gasteiger partial charge in [0, 0.05) is 5.56 Å². The molecule has 0 bridgehead atoms. The molecule has 5 heteroatoms. The third kappa shape index (κ3) is 4.87. The molecule has 7 rings (SSSR count). The van der Waals surface area contributed by atoms with Crippen LogP contribution < -0.4 is 0 Å². The van der Waals surface area contributed by atoms with E-state index in [-0.39, 0.29) is 0 Å². The highest BCUT2D eigenvalue weighted by Crippen LogP contribution is 2.33. The second-order valence-electron chi connectivity index (χ2n) is 9.99. The maximum atomic E-state index is 12.9. The Kier molecular flexibility index (Phi) is 5.93. The molecule has 7 aromatic rings. The van der Waals surface area contributed by atoms with Crippen LogP contribution in [0.25, 0.3) is 66.7 Å². The molecule has 1 heterocycles. The van der Waals surface area contributed by atoms with Crippen LogP contribution in [0.2, 0.25) is 0 Å². The molecule has 41 heavy (non-hydrogen) atoms. The van der Waals surface area contributed by atoms with Gasteiger partial charge in [-0.1, -0.05) is 84.9 Å². The summed E-state index contributed by atoms with van der Waals surface area (Å²) in [5.74, 6) is 0.608. The first-order valence-corrected chi connectivity index (χ1v) is 13.2. The Labute approximate surface area is 234 Å². The zero-order valence-corrected chi connectivity index (χ0v) is 21.7. The van der Waals surface area contributed by atoms with Crippen molar-refractivity contribution >= 4 is 21.9 Å². The monoisotopic (exact) mass is 541 g/mol. The van der Waals surface area contributed by atoms with Gasteiger partial charge in [0.05, 0.1) is 5.56 Å². The van der Waals surface area contributed by atoms with Crippen LogP contribution in [0.15, 0.2) is 138 Å². The highest BCUT2D eigenvalue weighted by molar-refractivity contribution is 5.91. The molecule has 0 radical (unpaired) electrons. The summed E-state index contributed by atoms with van der Waals surface area (Å²) in [5, 5.41) is 2.26. The molecule has 6 aromatic carbocycles. The van der Waals surface area contributed by atoms with E-state index in [0.29, 0.717) is 5.89 Å². The minimum atomic E-state index is -4.34. The molecule has 1 aromatic heterocycles. The molecule has 0 N–H and O–H groups in total. The van der Waals surface area contributed by atoms with Crippen molar-refractivity contribution in [3.05, 3.63) is 139 Å². The van der Waals surface area contributed by atoms with Crippen molar-refractivity contribution in [2.24, 2.45) is 0 Å². The average molecular weight is 542 g/mol. The molecule has 0 spiro atoms. The lowest BCUT2D eigenvalue weighted by Crippen LogP contribution is -2.03. The van der Waals surface area contributed by atoms with E-state index in [1.54, 1.807) is 0 Å². The van der Waals surface area contributed by atoms with Crippen molar-refractivity contribution in [2.75, 3.05) is 0 Å². The summed E-state index contributed by atoms with van der Waals surface area (Å²) in [7, 11) is 0. The molecule has 0 saturated heterocycles. The smallest absolute Gasteiger partial charge is 0.416 e. The van der Waals surface area contributed by atoms with E-state index in [4.69, 9.17) is 4.42 Å². The van der Waals surface area contributed by atoms with E-state index in [1.165, 1.54) is 12.1 Å². The molecular weight excluding hydrogens is 519 g/mol. The fourth-order valence-corrected chi connectivity index (χ4v) is 5.11. The third-order valence-corrected chi connectivity index (χ3v) is 7.36. The number of oxazole rings is 1. The molecule has 0 atom stereocenters. The lowest BCUT2D eigenvalue weighted by molar-refractivity contribution is -0.137. The van der Waals surface area contributed by atoms with Crippen LogP contribution in [-0.4, -0.2) is 4.98 Å². The lowest BCUT2D eigenvalue weighted by Gasteiger charge is -2.10. The maximum absolute atomic E-state index is 12.9. The van der Waals surface area contributed by atoms with Crippen LogP contribution in [0.5, 0.6) is 0 Å². The van der Waals surface area contributed by atoms with Crippen molar-refractivity contribution < 1.29 is 17.6 Å². The normalized spacial score (nSPS) is 11.8. The summed E-state index contributed by atoms with van der Waals surface area (Å²) in [6.45, 7) is 0. The molecule has 0 fully saturated rings. The summed E-state index contributed by atoms with van der Waals surface area (Å²) >= 11 is 0. The molecule has 0 aliphatic heterocycles. The Balaban J connectivity index is 1.11. The van der Waals surface area contributed by atoms with Gasteiger partial charge in [-0.25, -0.2) is 4.98 Å². The van der Waals surface area contributed by atoms with E-state index in [0.717, 1.165) is 72.9 Å². The number of aromatic nitrogens is 1. The van der Waals surface area contributed by atoms with Gasteiger partial charge in [-0.2, -0.15) is 13.2 Å². The second-order valence-corrected chi connectivity index (χ2v) is 9.99. The van der Waals surface area contributed by atoms with Crippen LogP contribution in [0, 0.1) is 0 Å². The first-order chi connectivity index (χ1) is 19.9. The van der Waals surface area contributed by atoms with Crippen molar-refractivity contribution in [3.63, 3.8) is 0 Å². The third-order valence-electron chi connectivity index (χ3n) is 7.36. The zero-order valence-electron chi connectivity index (χ0n) is 21.7. The molecule has 0 unspecified atom stereocenters. The SMILES string of the molecule is FC(F)(F)c1ccc(-c2ccc(-c3ccc4cc(-c5ccc(-c6nc7ccccc7o6)cc5)ccc4c3)cc2)cc1. The molecule has 0 saturated carbocycles. The average Bonchev–Trinajstić information content (AvgIpc) is 3.45. The van der Waals surface area contributed by atoms with Crippen LogP contribution >= 0.6 is 0 Å². The van der Waals surface area contributed by atoms with Crippen LogP contribution in [-0.2, 0) is 6.18 Å². The predicted octanol–water partition coefficient (Wildman–Crippen LogP) is 10.7. The summed E-state index contributed by atoms with van der Waals surface area (Å²) < 4.78 is 44.5. The number of para-hydroxylation sites is 2. The van der Waals surface area contributed by atoms with Crippen molar-refractivity contribution in [2.45, 2.75) is 6.18 Å². The highest BCUT2D eigenvalue weighted by Gasteiger charge is 2.29. The summed E-state index contributed by atoms with van der Waals surface area (Å²) in [4.78, 5) is 4.59. The summed E-state index contributed by atoms with van der Waals surface area (Å²) in [6, 6.07) is 41.9. The van der Waals surface area contributed by atoms with E-state index in [1.807, 2.05) is 60.7 Å². The molecule has 198 valence electrons. The van der Waals surface area contributed by atoms with Crippen molar-refractivity contribution in [3.8, 4) is 44.8 Å². The van der Waals surface area contributed by atoms with Gasteiger partial charge in [0.15, 0.2) is 5.58 Å². The summed E-state index contributed by atoms with van der Waals surface area (Å²) in [6.07, 6.45) is -4.34. The van der Waals surface area contributed by atoms with Gasteiger partial charge in [0.2, 0.25) is 5.89 Å². The lowest BCUT2D eigenvalue weighted by atomic mass is 9.96. The number of fused-ring (bicyclic) bond motifs is 2. The van der Waals surface area contributed by atoms with Gasteiger partial charge in [0.1, 0.15) is 5.52 Å². The number of hydrogen-bond donors (Lipinski definition) is 0. The van der Waals surface area contributed by atoms with Gasteiger partial charge in [-0.3, -0.25) is 0 Å². The number of halogens is 3. The Hall–Kier alpha value is -5.16. The van der Waals surface area contributed by atoms with Gasteiger partial charge in [0.25, 0.3) is 0 Å². The maximum Gasteiger partial charge on any atom is 0.416 e. The minimum Gasteiger partial charge on any atom is -0.436 e. The standard InChI is InChI=1S/C36H22F3NO/c37-36(38,39)32-19-17-24(18-20-32)23-5-7-25(8-6-23)28-13-15-31-22-29(14-16-30(31)21-28)26-9-11-27(12-10-26)35-40-33-3-1-2-4-34(33)41-35/h1-22H. The zero-order chi connectivity index (χ0) is 28.0. The Bertz CT molecular complexity index is 1970. The molecule has 2 nitrogen and oxygen atoms in total. The van der Waals surface area contributed by atoms with Crippen LogP contribution in [0.4, 0.5) is 13.2 Å². The molecule has 0 aliphatic carbocycles. The minimum absolute atomic E-state index is 0.608. The fourth-order valence-electron chi connectivity index (χ4n) is 5.11. The van der Waals surface area contributed by atoms with Gasteiger partial charge in [-0.05, 0) is 92.7 Å². The molecule has 0 amide bonds. The van der Waals surface area contributed by atoms with E-state index in [2.05, 4.69) is 53.5 Å². The topological polar surface area (TPSA) is 26.0 Å². The Morgan fingerprint density at radius 2 is 0.902 bits per heavy atom. The largest absolute Gasteiger partial charge is 0.436 e. The first-order valence-electron chi connectivity index (χ1n) is 13.2. The fraction of sp³-hybridized carbons (Fsp3) is 0.0278. The Morgan fingerprint density at radius 1 is 0.463 bits per heavy atom.